The van der Waals surface area contributed by atoms with E-state index in [0.29, 0.717) is 38.0 Å². The van der Waals surface area contributed by atoms with E-state index in [0.717, 1.165) is 35.7 Å². The summed E-state index contributed by atoms with van der Waals surface area (Å²) >= 11 is 0. The second kappa shape index (κ2) is 20.9. The molecule has 0 aromatic heterocycles. The van der Waals surface area contributed by atoms with Crippen LogP contribution >= 0.6 is 12.4 Å². The molecular formula is C37H50ClF2N3O6S. The van der Waals surface area contributed by atoms with Crippen molar-refractivity contribution in [2.75, 3.05) is 19.4 Å². The van der Waals surface area contributed by atoms with Gasteiger partial charge in [0.2, 0.25) is 5.91 Å². The second-order valence-corrected chi connectivity index (χ2v) is 14.6. The van der Waals surface area contributed by atoms with Gasteiger partial charge >= 0.3 is 0 Å². The topological polar surface area (TPSA) is 134 Å². The van der Waals surface area contributed by atoms with Crippen LogP contribution in [-0.2, 0) is 34.0 Å². The molecule has 3 aromatic carbocycles. The van der Waals surface area contributed by atoms with Crippen LogP contribution in [0.2, 0.25) is 0 Å². The van der Waals surface area contributed by atoms with Gasteiger partial charge in [0.05, 0.1) is 30.3 Å². The number of hydrogen-bond acceptors (Lipinski definition) is 7. The van der Waals surface area contributed by atoms with Crippen LogP contribution in [0.5, 0.6) is 5.75 Å². The Kier molecular flexibility index (Phi) is 17.8. The van der Waals surface area contributed by atoms with Gasteiger partial charge in [-0.15, -0.1) is 12.4 Å². The number of aliphatic hydroxyl groups is 1. The van der Waals surface area contributed by atoms with Gasteiger partial charge in [0.1, 0.15) is 23.4 Å². The number of ether oxygens (including phenoxy) is 1. The first-order valence-electron chi connectivity index (χ1n) is 16.8. The van der Waals surface area contributed by atoms with Crippen molar-refractivity contribution in [3.05, 3.63) is 101 Å². The number of amides is 2. The molecular weight excluding hydrogens is 688 g/mol. The summed E-state index contributed by atoms with van der Waals surface area (Å²) in [4.78, 5) is 27.2. The molecule has 0 aliphatic carbocycles. The Bertz CT molecular complexity index is 1600. The quantitative estimate of drug-likeness (QED) is 0.123. The molecule has 50 heavy (non-hydrogen) atoms. The number of benzene rings is 3. The van der Waals surface area contributed by atoms with E-state index < -0.39 is 62.5 Å². The van der Waals surface area contributed by atoms with E-state index >= 15 is 0 Å². The van der Waals surface area contributed by atoms with E-state index in [2.05, 4.69) is 16.0 Å². The highest BCUT2D eigenvalue weighted by Crippen LogP contribution is 2.19. The molecule has 0 saturated heterocycles. The lowest BCUT2D eigenvalue weighted by Gasteiger charge is -2.28. The Morgan fingerprint density at radius 2 is 1.48 bits per heavy atom. The lowest BCUT2D eigenvalue weighted by Crippen LogP contribution is -2.57. The number of carbonyl (C=O) groups excluding carboxylic acids is 2. The summed E-state index contributed by atoms with van der Waals surface area (Å²) in [5.41, 5.74) is 2.49. The maximum atomic E-state index is 14.1. The maximum Gasteiger partial charge on any atom is 0.251 e. The third kappa shape index (κ3) is 13.3. The molecule has 0 aliphatic rings. The third-order valence-corrected chi connectivity index (χ3v) is 10.6. The normalized spacial score (nSPS) is 13.2. The summed E-state index contributed by atoms with van der Waals surface area (Å²) in [5, 5.41) is 19.0. The Morgan fingerprint density at radius 3 is 2.06 bits per heavy atom. The maximum absolute atomic E-state index is 14.1. The van der Waals surface area contributed by atoms with Crippen LogP contribution in [0.15, 0.2) is 66.7 Å². The van der Waals surface area contributed by atoms with Crippen molar-refractivity contribution < 1.29 is 36.6 Å². The number of rotatable bonds is 20. The van der Waals surface area contributed by atoms with Gasteiger partial charge in [-0.1, -0.05) is 57.9 Å². The van der Waals surface area contributed by atoms with Gasteiger partial charge in [0, 0.05) is 24.7 Å². The van der Waals surface area contributed by atoms with E-state index in [-0.39, 0.29) is 36.5 Å². The lowest BCUT2D eigenvalue weighted by atomic mass is 10.00. The van der Waals surface area contributed by atoms with Crippen molar-refractivity contribution in [2.45, 2.75) is 89.3 Å². The first-order valence-corrected chi connectivity index (χ1v) is 18.5. The summed E-state index contributed by atoms with van der Waals surface area (Å²) in [6.07, 6.45) is 1.46. The highest BCUT2D eigenvalue weighted by Gasteiger charge is 2.34. The van der Waals surface area contributed by atoms with Crippen LogP contribution in [0.25, 0.3) is 0 Å². The standard InChI is InChI=1S/C37H49F2N3O6S.ClH/c1-5-9-32(10-6-2)49(46,47)24-34(42-36(44)28-13-15-31(48-4)16-14-28)37(45)41-33(20-27-18-29(38)21-30(39)19-27)35(43)23-40-22-26-12-8-11-25(7-3)17-26;/h8,11-19,21,32-35,40,43H,5-7,9-10,20,22-24H2,1-4H3,(H,41,45)(H,42,44);1H/t33-,34-,35+;/m0./s1. The average molecular weight is 738 g/mol. The Hall–Kier alpha value is -3.58. The van der Waals surface area contributed by atoms with E-state index in [4.69, 9.17) is 4.74 Å². The zero-order chi connectivity index (χ0) is 36.0. The smallest absolute Gasteiger partial charge is 0.251 e. The van der Waals surface area contributed by atoms with E-state index in [9.17, 15) is 31.9 Å². The zero-order valence-electron chi connectivity index (χ0n) is 29.1. The molecule has 13 heteroatoms. The molecule has 9 nitrogen and oxygen atoms in total. The first kappa shape index (κ1) is 42.6. The van der Waals surface area contributed by atoms with Crippen LogP contribution < -0.4 is 20.7 Å². The minimum absolute atomic E-state index is 0. The van der Waals surface area contributed by atoms with Crippen LogP contribution in [0.1, 0.15) is 73.5 Å². The molecule has 4 N–H and O–H groups in total. The summed E-state index contributed by atoms with van der Waals surface area (Å²) in [6.45, 7) is 6.21. The average Bonchev–Trinajstić information content (AvgIpc) is 3.07. The fraction of sp³-hybridized carbons (Fsp3) is 0.459. The van der Waals surface area contributed by atoms with Crippen molar-refractivity contribution in [2.24, 2.45) is 0 Å². The Labute approximate surface area is 300 Å². The van der Waals surface area contributed by atoms with Crippen molar-refractivity contribution in [1.82, 2.24) is 16.0 Å². The van der Waals surface area contributed by atoms with Crippen LogP contribution in [0.4, 0.5) is 8.78 Å². The number of hydrogen-bond donors (Lipinski definition) is 4. The molecule has 0 radical (unpaired) electrons. The molecule has 3 aromatic rings. The summed E-state index contributed by atoms with van der Waals surface area (Å²) in [5.74, 6) is -3.34. The fourth-order valence-corrected chi connectivity index (χ4v) is 7.86. The molecule has 3 rings (SSSR count). The van der Waals surface area contributed by atoms with Crippen LogP contribution in [0.3, 0.4) is 0 Å². The zero-order valence-corrected chi connectivity index (χ0v) is 30.7. The molecule has 0 unspecified atom stereocenters. The number of halogens is 3. The monoisotopic (exact) mass is 737 g/mol. The van der Waals surface area contributed by atoms with Crippen LogP contribution in [0, 0.1) is 11.6 Å². The predicted molar refractivity (Wildman–Crippen MR) is 194 cm³/mol. The molecule has 0 heterocycles. The minimum atomic E-state index is -3.88. The highest BCUT2D eigenvalue weighted by atomic mass is 35.5. The first-order chi connectivity index (χ1) is 23.4. The molecule has 276 valence electrons. The number of carbonyl (C=O) groups is 2. The van der Waals surface area contributed by atoms with Gasteiger partial charge in [-0.3, -0.25) is 9.59 Å². The molecule has 0 saturated carbocycles. The van der Waals surface area contributed by atoms with Crippen molar-refractivity contribution in [3.63, 3.8) is 0 Å². The Morgan fingerprint density at radius 1 is 0.860 bits per heavy atom. The Balaban J connectivity index is 0.00000867. The summed E-state index contributed by atoms with van der Waals surface area (Å²) in [7, 11) is -2.40. The van der Waals surface area contributed by atoms with Gasteiger partial charge in [-0.05, 0) is 78.8 Å². The van der Waals surface area contributed by atoms with Gasteiger partial charge < -0.3 is 25.8 Å². The lowest BCUT2D eigenvalue weighted by molar-refractivity contribution is -0.124. The van der Waals surface area contributed by atoms with Crippen molar-refractivity contribution in [3.8, 4) is 5.75 Å². The van der Waals surface area contributed by atoms with Gasteiger partial charge in [0.15, 0.2) is 9.84 Å². The molecule has 0 aliphatic heterocycles. The molecule has 0 bridgehead atoms. The fourth-order valence-electron chi connectivity index (χ4n) is 5.70. The molecule has 0 spiro atoms. The van der Waals surface area contributed by atoms with Crippen molar-refractivity contribution >= 4 is 34.1 Å². The number of aryl methyl sites for hydroxylation is 1. The predicted octanol–water partition coefficient (Wildman–Crippen LogP) is 5.32. The highest BCUT2D eigenvalue weighted by molar-refractivity contribution is 7.92. The van der Waals surface area contributed by atoms with E-state index in [1.807, 2.05) is 45.0 Å². The number of aliphatic hydroxyl groups excluding tert-OH is 1. The summed E-state index contributed by atoms with van der Waals surface area (Å²) in [6, 6.07) is 14.3. The number of methoxy groups -OCH3 is 1. The van der Waals surface area contributed by atoms with E-state index in [1.165, 1.54) is 19.2 Å². The van der Waals surface area contributed by atoms with Crippen molar-refractivity contribution in [1.29, 1.82) is 0 Å². The molecule has 2 amide bonds. The number of sulfone groups is 1. The molecule has 0 fully saturated rings. The second-order valence-electron chi connectivity index (χ2n) is 12.3. The third-order valence-electron chi connectivity index (χ3n) is 8.35. The van der Waals surface area contributed by atoms with Gasteiger partial charge in [-0.2, -0.15) is 0 Å². The van der Waals surface area contributed by atoms with Crippen LogP contribution in [-0.4, -0.2) is 68.2 Å². The number of nitrogens with one attached hydrogen (secondary N) is 3. The summed E-state index contributed by atoms with van der Waals surface area (Å²) < 4.78 is 60.7. The molecule has 3 atom stereocenters. The largest absolute Gasteiger partial charge is 0.497 e. The van der Waals surface area contributed by atoms with E-state index in [1.54, 1.807) is 12.1 Å². The van der Waals surface area contributed by atoms with Gasteiger partial charge in [0.25, 0.3) is 5.91 Å². The van der Waals surface area contributed by atoms with Gasteiger partial charge in [-0.25, -0.2) is 17.2 Å². The SMILES string of the molecule is CCCC(CCC)S(=O)(=O)C[C@H](NC(=O)c1ccc(OC)cc1)C(=O)N[C@@H](Cc1cc(F)cc(F)c1)[C@H](O)CNCc1cccc(CC)c1.Cl. The minimum Gasteiger partial charge on any atom is -0.497 e.